The van der Waals surface area contributed by atoms with Crippen LogP contribution in [0.3, 0.4) is 0 Å². The molecular weight excluding hydrogens is 443 g/mol. The fraction of sp³-hybridized carbons (Fsp3) is 0.136. The topological polar surface area (TPSA) is 84.5 Å². The number of nitrogens with one attached hydrogen (secondary N) is 2. The summed E-state index contributed by atoms with van der Waals surface area (Å²) in [6.45, 7) is 1.64. The molecule has 0 radical (unpaired) electrons. The van der Waals surface area contributed by atoms with Crippen molar-refractivity contribution in [3.05, 3.63) is 82.6 Å². The first-order valence-corrected chi connectivity index (χ1v) is 11.1. The number of amides is 1. The van der Waals surface area contributed by atoms with Crippen molar-refractivity contribution < 1.29 is 22.3 Å². The minimum Gasteiger partial charge on any atom is -0.495 e. The lowest BCUT2D eigenvalue weighted by Gasteiger charge is -2.14. The fourth-order valence-electron chi connectivity index (χ4n) is 2.96. The molecule has 0 aromatic heterocycles. The molecule has 0 atom stereocenters. The maximum absolute atomic E-state index is 13.9. The molecule has 0 saturated carbocycles. The summed E-state index contributed by atoms with van der Waals surface area (Å²) >= 11 is 5.97. The van der Waals surface area contributed by atoms with E-state index in [0.29, 0.717) is 11.3 Å². The van der Waals surface area contributed by atoms with Gasteiger partial charge in [-0.3, -0.25) is 9.52 Å². The van der Waals surface area contributed by atoms with Crippen LogP contribution in [0.15, 0.2) is 65.6 Å². The number of rotatable bonds is 7. The monoisotopic (exact) mass is 462 g/mol. The standard InChI is InChI=1S/C22H20ClFN2O4S/c1-14-10-11-15(25-22(27)13-16-17(23)6-5-7-18(16)24)12-21(14)31(28,29)26-19-8-3-4-9-20(19)30-2/h3-12,26H,13H2,1-2H3,(H,25,27). The molecule has 0 unspecified atom stereocenters. The molecule has 162 valence electrons. The number of carbonyl (C=O) groups excluding carboxylic acids is 1. The van der Waals surface area contributed by atoms with Crippen LogP contribution >= 0.6 is 11.6 Å². The van der Waals surface area contributed by atoms with Crippen molar-refractivity contribution in [2.24, 2.45) is 0 Å². The Morgan fingerprint density at radius 3 is 2.55 bits per heavy atom. The average molecular weight is 463 g/mol. The molecule has 0 bridgehead atoms. The van der Waals surface area contributed by atoms with E-state index in [1.807, 2.05) is 0 Å². The van der Waals surface area contributed by atoms with E-state index in [1.54, 1.807) is 43.3 Å². The zero-order valence-electron chi connectivity index (χ0n) is 16.8. The Balaban J connectivity index is 1.83. The van der Waals surface area contributed by atoms with E-state index in [9.17, 15) is 17.6 Å². The van der Waals surface area contributed by atoms with Gasteiger partial charge in [0.1, 0.15) is 11.6 Å². The first kappa shape index (κ1) is 22.6. The number of hydrogen-bond donors (Lipinski definition) is 2. The summed E-state index contributed by atoms with van der Waals surface area (Å²) in [5.41, 5.74) is 1.09. The fourth-order valence-corrected chi connectivity index (χ4v) is 4.53. The molecule has 0 aliphatic rings. The van der Waals surface area contributed by atoms with Crippen LogP contribution in [0.5, 0.6) is 5.75 Å². The van der Waals surface area contributed by atoms with Gasteiger partial charge >= 0.3 is 0 Å². The highest BCUT2D eigenvalue weighted by Gasteiger charge is 2.20. The third kappa shape index (κ3) is 5.34. The van der Waals surface area contributed by atoms with Crippen molar-refractivity contribution in [1.29, 1.82) is 0 Å². The van der Waals surface area contributed by atoms with Gasteiger partial charge in [0.05, 0.1) is 24.1 Å². The van der Waals surface area contributed by atoms with E-state index >= 15 is 0 Å². The van der Waals surface area contributed by atoms with Crippen molar-refractivity contribution in [3.63, 3.8) is 0 Å². The van der Waals surface area contributed by atoms with Crippen molar-refractivity contribution in [1.82, 2.24) is 0 Å². The van der Waals surface area contributed by atoms with Crippen LogP contribution in [0.4, 0.5) is 15.8 Å². The Hall–Kier alpha value is -3.10. The number of para-hydroxylation sites is 2. The van der Waals surface area contributed by atoms with Gasteiger partial charge in [-0.1, -0.05) is 35.9 Å². The molecule has 0 saturated heterocycles. The molecule has 9 heteroatoms. The van der Waals surface area contributed by atoms with Crippen molar-refractivity contribution in [2.75, 3.05) is 17.1 Å². The summed E-state index contributed by atoms with van der Waals surface area (Å²) < 4.78 is 47.5. The van der Waals surface area contributed by atoms with Crippen LogP contribution in [0, 0.1) is 12.7 Å². The van der Waals surface area contributed by atoms with Crippen LogP contribution in [-0.2, 0) is 21.2 Å². The summed E-state index contributed by atoms with van der Waals surface area (Å²) in [4.78, 5) is 12.4. The maximum Gasteiger partial charge on any atom is 0.262 e. The van der Waals surface area contributed by atoms with E-state index in [4.69, 9.17) is 16.3 Å². The molecule has 3 aromatic carbocycles. The van der Waals surface area contributed by atoms with Gasteiger partial charge in [-0.25, -0.2) is 12.8 Å². The molecule has 1 amide bonds. The summed E-state index contributed by atoms with van der Waals surface area (Å²) in [6, 6.07) is 15.3. The Kier molecular flexibility index (Phi) is 6.82. The van der Waals surface area contributed by atoms with Crippen LogP contribution in [-0.4, -0.2) is 21.4 Å². The van der Waals surface area contributed by atoms with Crippen molar-refractivity contribution in [2.45, 2.75) is 18.2 Å². The van der Waals surface area contributed by atoms with E-state index in [2.05, 4.69) is 10.0 Å². The first-order valence-electron chi connectivity index (χ1n) is 9.20. The molecule has 3 aromatic rings. The highest BCUT2D eigenvalue weighted by Crippen LogP contribution is 2.28. The van der Waals surface area contributed by atoms with E-state index in [-0.39, 0.29) is 33.3 Å². The second-order valence-electron chi connectivity index (χ2n) is 6.71. The lowest BCUT2D eigenvalue weighted by molar-refractivity contribution is -0.115. The van der Waals surface area contributed by atoms with Gasteiger partial charge in [0.25, 0.3) is 10.0 Å². The Bertz CT molecular complexity index is 1210. The third-order valence-corrected chi connectivity index (χ3v) is 6.37. The molecule has 0 aliphatic carbocycles. The molecule has 2 N–H and O–H groups in total. The minimum absolute atomic E-state index is 0.0138. The van der Waals surface area contributed by atoms with Gasteiger partial charge in [-0.2, -0.15) is 0 Å². The van der Waals surface area contributed by atoms with Crippen molar-refractivity contribution in [3.8, 4) is 5.75 Å². The number of benzene rings is 3. The van der Waals surface area contributed by atoms with Gasteiger partial charge in [0.2, 0.25) is 5.91 Å². The van der Waals surface area contributed by atoms with E-state index in [0.717, 1.165) is 0 Å². The second-order valence-corrected chi connectivity index (χ2v) is 8.77. The number of ether oxygens (including phenoxy) is 1. The predicted molar refractivity (Wildman–Crippen MR) is 119 cm³/mol. The van der Waals surface area contributed by atoms with Gasteiger partial charge in [0, 0.05) is 16.3 Å². The van der Waals surface area contributed by atoms with Gasteiger partial charge < -0.3 is 10.1 Å². The zero-order chi connectivity index (χ0) is 22.6. The van der Waals surface area contributed by atoms with Crippen LogP contribution < -0.4 is 14.8 Å². The molecule has 0 aliphatic heterocycles. The number of aryl methyl sites for hydroxylation is 1. The van der Waals surface area contributed by atoms with E-state index in [1.165, 1.54) is 31.4 Å². The Morgan fingerprint density at radius 2 is 1.84 bits per heavy atom. The lowest BCUT2D eigenvalue weighted by atomic mass is 10.1. The summed E-state index contributed by atoms with van der Waals surface area (Å²) in [7, 11) is -2.53. The predicted octanol–water partition coefficient (Wildman–Crippen LogP) is 4.78. The van der Waals surface area contributed by atoms with Crippen LogP contribution in [0.2, 0.25) is 5.02 Å². The number of methoxy groups -OCH3 is 1. The molecule has 3 rings (SSSR count). The average Bonchev–Trinajstić information content (AvgIpc) is 2.72. The molecule has 31 heavy (non-hydrogen) atoms. The van der Waals surface area contributed by atoms with Crippen LogP contribution in [0.25, 0.3) is 0 Å². The number of sulfonamides is 1. The van der Waals surface area contributed by atoms with Crippen molar-refractivity contribution >= 4 is 38.9 Å². The second kappa shape index (κ2) is 9.36. The molecule has 0 spiro atoms. The molecule has 0 fully saturated rings. The molecular formula is C22H20ClFN2O4S. The zero-order valence-corrected chi connectivity index (χ0v) is 18.4. The normalized spacial score (nSPS) is 11.1. The largest absolute Gasteiger partial charge is 0.495 e. The summed E-state index contributed by atoms with van der Waals surface area (Å²) in [5, 5.41) is 2.73. The third-order valence-electron chi connectivity index (χ3n) is 4.51. The van der Waals surface area contributed by atoms with Gasteiger partial charge in [-0.05, 0) is 48.9 Å². The minimum atomic E-state index is -3.97. The Labute approximate surface area is 185 Å². The SMILES string of the molecule is COc1ccccc1NS(=O)(=O)c1cc(NC(=O)Cc2c(F)cccc2Cl)ccc1C. The number of anilines is 2. The number of hydrogen-bond acceptors (Lipinski definition) is 4. The molecule has 0 heterocycles. The first-order chi connectivity index (χ1) is 14.7. The maximum atomic E-state index is 13.9. The highest BCUT2D eigenvalue weighted by atomic mass is 35.5. The highest BCUT2D eigenvalue weighted by molar-refractivity contribution is 7.92. The molecule has 6 nitrogen and oxygen atoms in total. The summed E-state index contributed by atoms with van der Waals surface area (Å²) in [6.07, 6.45) is -0.291. The van der Waals surface area contributed by atoms with Gasteiger partial charge in [-0.15, -0.1) is 0 Å². The van der Waals surface area contributed by atoms with Crippen LogP contribution in [0.1, 0.15) is 11.1 Å². The van der Waals surface area contributed by atoms with E-state index < -0.39 is 21.7 Å². The Morgan fingerprint density at radius 1 is 1.10 bits per heavy atom. The quantitative estimate of drug-likeness (QED) is 0.529. The summed E-state index contributed by atoms with van der Waals surface area (Å²) in [5.74, 6) is -0.748. The number of carbonyl (C=O) groups is 1. The lowest BCUT2D eigenvalue weighted by Crippen LogP contribution is -2.18. The van der Waals surface area contributed by atoms with Gasteiger partial charge in [0.15, 0.2) is 0 Å². The smallest absolute Gasteiger partial charge is 0.262 e. The number of halogens is 2.